The minimum absolute atomic E-state index is 0.0705. The summed E-state index contributed by atoms with van der Waals surface area (Å²) in [6.45, 7) is 7.53. The molecule has 18 heavy (non-hydrogen) atoms. The fourth-order valence-electron chi connectivity index (χ4n) is 1.70. The van der Waals surface area contributed by atoms with Crippen LogP contribution in [0.15, 0.2) is 12.1 Å². The van der Waals surface area contributed by atoms with Gasteiger partial charge in [0, 0.05) is 11.5 Å². The second-order valence-electron chi connectivity index (χ2n) is 5.41. The molecule has 98 valence electrons. The topological polar surface area (TPSA) is 38.7 Å². The third-order valence-electron chi connectivity index (χ3n) is 3.57. The highest BCUT2D eigenvalue weighted by molar-refractivity contribution is 6.62. The Bertz CT molecular complexity index is 474. The summed E-state index contributed by atoms with van der Waals surface area (Å²) in [4.78, 5) is 0. The molecule has 0 radical (unpaired) electrons. The number of hydrogen-bond donors (Lipinski definition) is 1. The van der Waals surface area contributed by atoms with Gasteiger partial charge < -0.3 is 14.4 Å². The first-order chi connectivity index (χ1) is 8.14. The van der Waals surface area contributed by atoms with Crippen molar-refractivity contribution < 1.29 is 18.8 Å². The molecule has 1 aromatic rings. The van der Waals surface area contributed by atoms with Crippen LogP contribution in [-0.4, -0.2) is 23.4 Å². The van der Waals surface area contributed by atoms with Gasteiger partial charge in [-0.2, -0.15) is 0 Å². The molecule has 1 fully saturated rings. The molecule has 0 amide bonds. The number of hydrogen-bond acceptors (Lipinski definition) is 3. The van der Waals surface area contributed by atoms with Crippen LogP contribution >= 0.6 is 11.6 Å². The Kier molecular flexibility index (Phi) is 3.12. The molecule has 0 bridgehead atoms. The summed E-state index contributed by atoms with van der Waals surface area (Å²) < 4.78 is 25.3. The van der Waals surface area contributed by atoms with Gasteiger partial charge in [-0.15, -0.1) is 0 Å². The molecule has 1 saturated heterocycles. The lowest BCUT2D eigenvalue weighted by Crippen LogP contribution is -2.41. The van der Waals surface area contributed by atoms with Gasteiger partial charge in [0.25, 0.3) is 0 Å². The van der Waals surface area contributed by atoms with E-state index in [1.54, 1.807) is 0 Å². The van der Waals surface area contributed by atoms with Crippen LogP contribution in [0.25, 0.3) is 0 Å². The highest BCUT2D eigenvalue weighted by Gasteiger charge is 2.52. The van der Waals surface area contributed by atoms with Crippen LogP contribution in [0.3, 0.4) is 0 Å². The van der Waals surface area contributed by atoms with E-state index in [4.69, 9.17) is 20.9 Å². The van der Waals surface area contributed by atoms with Crippen LogP contribution in [0.4, 0.5) is 4.39 Å². The Balaban J connectivity index is 2.38. The van der Waals surface area contributed by atoms with Gasteiger partial charge in [-0.3, -0.25) is 0 Å². The molecule has 0 aliphatic carbocycles. The molecule has 0 atom stereocenters. The standard InChI is InChI=1S/C12H15BClFO3/c1-11(2)12(3,4)18-13(17-11)7-5-8(14)10(16)6-9(7)15/h5-6,16H,1-4H3. The van der Waals surface area contributed by atoms with Crippen molar-refractivity contribution in [3.63, 3.8) is 0 Å². The second kappa shape index (κ2) is 4.12. The number of rotatable bonds is 1. The van der Waals surface area contributed by atoms with Gasteiger partial charge in [-0.25, -0.2) is 4.39 Å². The summed E-state index contributed by atoms with van der Waals surface area (Å²) >= 11 is 5.78. The second-order valence-corrected chi connectivity index (χ2v) is 5.82. The normalized spacial score (nSPS) is 21.3. The molecule has 1 aliphatic rings. The maximum Gasteiger partial charge on any atom is 0.497 e. The van der Waals surface area contributed by atoms with Crippen molar-refractivity contribution in [2.24, 2.45) is 0 Å². The molecule has 3 nitrogen and oxygen atoms in total. The zero-order valence-corrected chi connectivity index (χ0v) is 11.5. The third-order valence-corrected chi connectivity index (χ3v) is 3.88. The Labute approximate surface area is 111 Å². The van der Waals surface area contributed by atoms with Crippen molar-refractivity contribution in [1.29, 1.82) is 0 Å². The van der Waals surface area contributed by atoms with E-state index in [1.165, 1.54) is 6.07 Å². The smallest absolute Gasteiger partial charge is 0.497 e. The highest BCUT2D eigenvalue weighted by atomic mass is 35.5. The fraction of sp³-hybridized carbons (Fsp3) is 0.500. The molecule has 6 heteroatoms. The average Bonchev–Trinajstić information content (AvgIpc) is 2.42. The molecule has 0 aromatic heterocycles. The SMILES string of the molecule is CC1(C)OB(c2cc(Cl)c(O)cc2F)OC1(C)C. The van der Waals surface area contributed by atoms with Gasteiger partial charge in [0.1, 0.15) is 11.6 Å². The Morgan fingerprint density at radius 3 is 2.17 bits per heavy atom. The van der Waals surface area contributed by atoms with Gasteiger partial charge in [0.2, 0.25) is 0 Å². The van der Waals surface area contributed by atoms with Crippen molar-refractivity contribution in [3.8, 4) is 5.75 Å². The molecule has 0 spiro atoms. The summed E-state index contributed by atoms with van der Waals surface area (Å²) in [5.41, 5.74) is -0.903. The number of benzene rings is 1. The quantitative estimate of drug-likeness (QED) is 0.798. The average molecular weight is 273 g/mol. The fourth-order valence-corrected chi connectivity index (χ4v) is 1.87. The van der Waals surface area contributed by atoms with Crippen LogP contribution in [0.2, 0.25) is 5.02 Å². The van der Waals surface area contributed by atoms with E-state index in [0.29, 0.717) is 0 Å². The zero-order valence-electron chi connectivity index (χ0n) is 10.8. The van der Waals surface area contributed by atoms with E-state index in [2.05, 4.69) is 0 Å². The summed E-state index contributed by atoms with van der Waals surface area (Å²) in [5, 5.41) is 9.39. The first kappa shape index (κ1) is 13.7. The first-order valence-electron chi connectivity index (χ1n) is 5.67. The molecule has 0 unspecified atom stereocenters. The zero-order chi connectivity index (χ0) is 13.7. The van der Waals surface area contributed by atoms with Crippen molar-refractivity contribution in [2.45, 2.75) is 38.9 Å². The predicted octanol–water partition coefficient (Wildman–Crippen LogP) is 2.48. The van der Waals surface area contributed by atoms with Gasteiger partial charge in [0.15, 0.2) is 0 Å². The summed E-state index contributed by atoms with van der Waals surface area (Å²) in [5.74, 6) is -0.898. The minimum Gasteiger partial charge on any atom is -0.506 e. The van der Waals surface area contributed by atoms with Gasteiger partial charge >= 0.3 is 7.12 Å². The maximum atomic E-state index is 13.8. The van der Waals surface area contributed by atoms with Crippen LogP contribution in [0.1, 0.15) is 27.7 Å². The molecule has 1 aliphatic heterocycles. The van der Waals surface area contributed by atoms with E-state index in [0.717, 1.165) is 6.07 Å². The van der Waals surface area contributed by atoms with Crippen LogP contribution in [-0.2, 0) is 9.31 Å². The van der Waals surface area contributed by atoms with Crippen molar-refractivity contribution in [1.82, 2.24) is 0 Å². The monoisotopic (exact) mass is 272 g/mol. The lowest BCUT2D eigenvalue weighted by molar-refractivity contribution is 0.00578. The van der Waals surface area contributed by atoms with Gasteiger partial charge in [-0.05, 0) is 33.8 Å². The number of phenols is 1. The van der Waals surface area contributed by atoms with Crippen LogP contribution in [0, 0.1) is 5.82 Å². The van der Waals surface area contributed by atoms with E-state index in [-0.39, 0.29) is 16.2 Å². The van der Waals surface area contributed by atoms with E-state index in [9.17, 15) is 9.50 Å². The van der Waals surface area contributed by atoms with Crippen molar-refractivity contribution >= 4 is 24.2 Å². The summed E-state index contributed by atoms with van der Waals surface area (Å²) in [6, 6.07) is 2.29. The Hall–Kier alpha value is -0.775. The summed E-state index contributed by atoms with van der Waals surface area (Å²) in [6.07, 6.45) is 0. The Morgan fingerprint density at radius 1 is 1.17 bits per heavy atom. The molecule has 1 heterocycles. The van der Waals surface area contributed by atoms with E-state index >= 15 is 0 Å². The predicted molar refractivity (Wildman–Crippen MR) is 68.8 cm³/mol. The number of halogens is 2. The molecule has 0 saturated carbocycles. The molecular weight excluding hydrogens is 257 g/mol. The van der Waals surface area contributed by atoms with Gasteiger partial charge in [-0.1, -0.05) is 11.6 Å². The first-order valence-corrected chi connectivity index (χ1v) is 6.05. The van der Waals surface area contributed by atoms with Crippen LogP contribution in [0.5, 0.6) is 5.75 Å². The lowest BCUT2D eigenvalue weighted by atomic mass is 9.78. The number of aromatic hydroxyl groups is 1. The van der Waals surface area contributed by atoms with Crippen LogP contribution < -0.4 is 5.46 Å². The largest absolute Gasteiger partial charge is 0.506 e. The lowest BCUT2D eigenvalue weighted by Gasteiger charge is -2.32. The van der Waals surface area contributed by atoms with Gasteiger partial charge in [0.05, 0.1) is 16.2 Å². The molecular formula is C12H15BClFO3. The van der Waals surface area contributed by atoms with Crippen molar-refractivity contribution in [2.75, 3.05) is 0 Å². The molecule has 2 rings (SSSR count). The molecule has 1 aromatic carbocycles. The summed E-state index contributed by atoms with van der Waals surface area (Å²) in [7, 11) is -0.826. The van der Waals surface area contributed by atoms with Crippen molar-refractivity contribution in [3.05, 3.63) is 23.0 Å². The van der Waals surface area contributed by atoms with E-state index in [1.807, 2.05) is 27.7 Å². The third kappa shape index (κ3) is 2.11. The highest BCUT2D eigenvalue weighted by Crippen LogP contribution is 2.37. The molecule has 1 N–H and O–H groups in total. The Morgan fingerprint density at radius 2 is 1.67 bits per heavy atom. The minimum atomic E-state index is -0.826. The van der Waals surface area contributed by atoms with E-state index < -0.39 is 24.1 Å². The maximum absolute atomic E-state index is 13.8. The number of phenolic OH excluding ortho intramolecular Hbond substituents is 1.